The molecule has 1 aliphatic rings. The molecule has 1 atom stereocenters. The summed E-state index contributed by atoms with van der Waals surface area (Å²) >= 11 is 0. The van der Waals surface area contributed by atoms with Crippen LogP contribution in [0.3, 0.4) is 0 Å². The van der Waals surface area contributed by atoms with Crippen LogP contribution in [0.5, 0.6) is 5.75 Å². The number of aromatic nitrogens is 4. The minimum absolute atomic E-state index is 0.250. The Kier molecular flexibility index (Phi) is 7.78. The van der Waals surface area contributed by atoms with Crippen LogP contribution in [0.4, 0.5) is 11.6 Å². The van der Waals surface area contributed by atoms with Crippen LogP contribution in [0, 0.1) is 6.92 Å². The Morgan fingerprint density at radius 2 is 2.06 bits per heavy atom. The number of rotatable bonds is 5. The maximum Gasteiger partial charge on any atom is 0.290 e. The first-order valence-corrected chi connectivity index (χ1v) is 10.7. The second-order valence-corrected chi connectivity index (χ2v) is 7.74. The predicted octanol–water partition coefficient (Wildman–Crippen LogP) is 1.92. The first kappa shape index (κ1) is 23.9. The fraction of sp³-hybridized carbons (Fsp3) is 0.409. The normalized spacial score (nSPS) is 16.1. The van der Waals surface area contributed by atoms with Crippen LogP contribution in [-0.2, 0) is 4.79 Å². The largest absolute Gasteiger partial charge is 0.493 e. The molecule has 0 spiro atoms. The van der Waals surface area contributed by atoms with Gasteiger partial charge in [-0.2, -0.15) is 0 Å². The maximum atomic E-state index is 12.9. The molecule has 1 fully saturated rings. The van der Waals surface area contributed by atoms with Gasteiger partial charge >= 0.3 is 0 Å². The van der Waals surface area contributed by atoms with Gasteiger partial charge in [0.1, 0.15) is 11.4 Å². The molecule has 3 aromatic rings. The molecule has 3 aromatic heterocycles. The van der Waals surface area contributed by atoms with Gasteiger partial charge < -0.3 is 29.4 Å². The molecule has 0 aromatic carbocycles. The highest BCUT2D eigenvalue weighted by Gasteiger charge is 2.22. The fourth-order valence-electron chi connectivity index (χ4n) is 3.59. The molecule has 1 unspecified atom stereocenters. The lowest BCUT2D eigenvalue weighted by Gasteiger charge is -2.38. The molecule has 176 valence electrons. The van der Waals surface area contributed by atoms with Crippen LogP contribution in [0.2, 0.25) is 0 Å². The molecule has 0 saturated carbocycles. The minimum Gasteiger partial charge on any atom is -0.493 e. The van der Waals surface area contributed by atoms with E-state index in [-0.39, 0.29) is 12.4 Å². The van der Waals surface area contributed by atoms with E-state index in [0.29, 0.717) is 29.8 Å². The van der Waals surface area contributed by atoms with E-state index in [9.17, 15) is 4.79 Å². The lowest BCUT2D eigenvalue weighted by molar-refractivity contribution is -0.122. The molecule has 11 heteroatoms. The van der Waals surface area contributed by atoms with Crippen LogP contribution < -0.4 is 15.0 Å². The summed E-state index contributed by atoms with van der Waals surface area (Å²) in [6.45, 7) is 8.98. The summed E-state index contributed by atoms with van der Waals surface area (Å²) < 4.78 is 7.49. The Hall–Kier alpha value is -3.73. The first-order chi connectivity index (χ1) is 15.9. The predicted molar refractivity (Wildman–Crippen MR) is 124 cm³/mol. The Morgan fingerprint density at radius 1 is 1.30 bits per heavy atom. The molecule has 33 heavy (non-hydrogen) atoms. The summed E-state index contributed by atoms with van der Waals surface area (Å²) in [5, 5.41) is 18.2. The van der Waals surface area contributed by atoms with E-state index in [0.717, 1.165) is 36.8 Å². The highest BCUT2D eigenvalue weighted by atomic mass is 16.5. The van der Waals surface area contributed by atoms with Crippen molar-refractivity contribution in [2.45, 2.75) is 26.8 Å². The summed E-state index contributed by atoms with van der Waals surface area (Å²) in [5.74, 6) is 1.40. The molecule has 1 amide bonds. The molecule has 4 heterocycles. The van der Waals surface area contributed by atoms with Gasteiger partial charge in [0.25, 0.3) is 12.4 Å². The molecule has 0 bridgehead atoms. The number of piperazine rings is 1. The number of carbonyl (C=O) groups excluding carboxylic acids is 1. The van der Waals surface area contributed by atoms with Gasteiger partial charge in [-0.05, 0) is 40.0 Å². The molecular weight excluding hydrogens is 426 g/mol. The number of amides is 1. The van der Waals surface area contributed by atoms with E-state index in [1.54, 1.807) is 18.3 Å². The van der Waals surface area contributed by atoms with Crippen molar-refractivity contribution in [3.63, 3.8) is 0 Å². The monoisotopic (exact) mass is 455 g/mol. The van der Waals surface area contributed by atoms with Crippen molar-refractivity contribution in [1.29, 1.82) is 0 Å². The van der Waals surface area contributed by atoms with Crippen molar-refractivity contribution in [2.75, 3.05) is 43.5 Å². The number of pyridine rings is 1. The van der Waals surface area contributed by atoms with Crippen molar-refractivity contribution in [1.82, 2.24) is 24.5 Å². The number of aryl methyl sites for hydroxylation is 1. The molecule has 2 N–H and O–H groups in total. The number of likely N-dealkylation sites (N-methyl/N-ethyl adjacent to an activating group) is 1. The number of nitrogens with zero attached hydrogens (tertiary/aromatic N) is 6. The number of anilines is 2. The number of carboxylic acid groups (broad SMARTS) is 1. The molecule has 0 radical (unpaired) electrons. The van der Waals surface area contributed by atoms with Gasteiger partial charge in [0.15, 0.2) is 11.6 Å². The van der Waals surface area contributed by atoms with E-state index in [2.05, 4.69) is 44.3 Å². The van der Waals surface area contributed by atoms with E-state index >= 15 is 0 Å². The third kappa shape index (κ3) is 5.75. The molecule has 0 aliphatic carbocycles. The van der Waals surface area contributed by atoms with E-state index in [4.69, 9.17) is 14.6 Å². The number of carbonyl (C=O) groups is 2. The lowest BCUT2D eigenvalue weighted by atomic mass is 10.2. The Bertz CT molecular complexity index is 1100. The fourth-order valence-corrected chi connectivity index (χ4v) is 3.59. The quantitative estimate of drug-likeness (QED) is 0.555. The highest BCUT2D eigenvalue weighted by Crippen LogP contribution is 2.23. The van der Waals surface area contributed by atoms with Crippen LogP contribution >= 0.6 is 0 Å². The molecule has 1 aliphatic heterocycles. The number of ether oxygens (including phenoxy) is 1. The summed E-state index contributed by atoms with van der Waals surface area (Å²) in [7, 11) is 2.13. The van der Waals surface area contributed by atoms with Crippen molar-refractivity contribution in [2.24, 2.45) is 0 Å². The molecular formula is C22H29N7O4. The van der Waals surface area contributed by atoms with Crippen molar-refractivity contribution >= 4 is 29.7 Å². The SMILES string of the molecule is CCOc1cc2nc(C)cn2cc1C(=O)Nc1ccc(N2CCN(C)C(C)C2)nn1.O=CO. The van der Waals surface area contributed by atoms with Gasteiger partial charge in [-0.1, -0.05) is 0 Å². The zero-order valence-electron chi connectivity index (χ0n) is 19.2. The zero-order valence-corrected chi connectivity index (χ0v) is 19.2. The molecule has 11 nitrogen and oxygen atoms in total. The standard InChI is InChI=1S/C21H27N7O2.CH2O2/c1-5-30-17-10-20-22-14(2)11-28(20)13-16(17)21(29)23-18-6-7-19(25-24-18)27-9-8-26(4)15(3)12-27;2-1-3/h6-7,10-11,13,15H,5,8-9,12H2,1-4H3,(H,23,24,29);1H,(H,2,3). The third-order valence-corrected chi connectivity index (χ3v) is 5.40. The van der Waals surface area contributed by atoms with Gasteiger partial charge in [-0.3, -0.25) is 9.59 Å². The van der Waals surface area contributed by atoms with Crippen LogP contribution in [0.25, 0.3) is 5.65 Å². The van der Waals surface area contributed by atoms with E-state index in [1.165, 1.54) is 0 Å². The van der Waals surface area contributed by atoms with Gasteiger partial charge in [-0.15, -0.1) is 10.2 Å². The molecule has 1 saturated heterocycles. The van der Waals surface area contributed by atoms with Crippen molar-refractivity contribution in [3.05, 3.63) is 41.9 Å². The average Bonchev–Trinajstić information content (AvgIpc) is 3.15. The van der Waals surface area contributed by atoms with Crippen LogP contribution in [0.15, 0.2) is 30.6 Å². The molecule has 4 rings (SSSR count). The smallest absolute Gasteiger partial charge is 0.290 e. The van der Waals surface area contributed by atoms with Crippen LogP contribution in [0.1, 0.15) is 29.9 Å². The zero-order chi connectivity index (χ0) is 24.0. The number of hydrogen-bond donors (Lipinski definition) is 2. The summed E-state index contributed by atoms with van der Waals surface area (Å²) in [6.07, 6.45) is 3.59. The number of hydrogen-bond acceptors (Lipinski definition) is 8. The highest BCUT2D eigenvalue weighted by molar-refractivity contribution is 6.05. The Labute approximate surface area is 192 Å². The summed E-state index contributed by atoms with van der Waals surface area (Å²) in [6, 6.07) is 5.91. The van der Waals surface area contributed by atoms with Gasteiger partial charge in [-0.25, -0.2) is 4.98 Å². The van der Waals surface area contributed by atoms with Gasteiger partial charge in [0, 0.05) is 44.1 Å². The second kappa shape index (κ2) is 10.7. The number of imidazole rings is 1. The van der Waals surface area contributed by atoms with Crippen LogP contribution in [-0.4, -0.2) is 81.3 Å². The Balaban J connectivity index is 0.000000968. The third-order valence-electron chi connectivity index (χ3n) is 5.40. The van der Waals surface area contributed by atoms with E-state index in [1.807, 2.05) is 30.5 Å². The van der Waals surface area contributed by atoms with Gasteiger partial charge in [0.05, 0.1) is 17.9 Å². The second-order valence-electron chi connectivity index (χ2n) is 7.74. The van der Waals surface area contributed by atoms with E-state index < -0.39 is 0 Å². The van der Waals surface area contributed by atoms with Crippen molar-refractivity contribution < 1.29 is 19.4 Å². The van der Waals surface area contributed by atoms with Gasteiger partial charge in [0.2, 0.25) is 0 Å². The summed E-state index contributed by atoms with van der Waals surface area (Å²) in [4.78, 5) is 30.2. The average molecular weight is 456 g/mol. The summed E-state index contributed by atoms with van der Waals surface area (Å²) in [5.41, 5.74) is 2.02. The lowest BCUT2D eigenvalue weighted by Crippen LogP contribution is -2.50. The minimum atomic E-state index is -0.304. The topological polar surface area (TPSA) is 125 Å². The first-order valence-electron chi connectivity index (χ1n) is 10.7. The number of fused-ring (bicyclic) bond motifs is 1. The Morgan fingerprint density at radius 3 is 2.70 bits per heavy atom. The number of nitrogens with one attached hydrogen (secondary N) is 1. The maximum absolute atomic E-state index is 12.9. The van der Waals surface area contributed by atoms with Crippen molar-refractivity contribution in [3.8, 4) is 5.75 Å².